The van der Waals surface area contributed by atoms with Crippen LogP contribution in [0.3, 0.4) is 0 Å². The molecular formula is C17H23N5OS2. The molecule has 25 heavy (non-hydrogen) atoms. The van der Waals surface area contributed by atoms with Gasteiger partial charge in [-0.25, -0.2) is 9.97 Å². The molecule has 2 aromatic rings. The van der Waals surface area contributed by atoms with Crippen LogP contribution >= 0.6 is 23.1 Å². The molecule has 0 bridgehead atoms. The molecule has 2 N–H and O–H groups in total. The lowest BCUT2D eigenvalue weighted by Gasteiger charge is -2.35. The zero-order chi connectivity index (χ0) is 17.4. The third kappa shape index (κ3) is 3.35. The van der Waals surface area contributed by atoms with Crippen molar-refractivity contribution < 1.29 is 4.79 Å². The van der Waals surface area contributed by atoms with Gasteiger partial charge in [0.25, 0.3) is 0 Å². The number of primary amides is 1. The Hall–Kier alpha value is -1.38. The van der Waals surface area contributed by atoms with Gasteiger partial charge in [0, 0.05) is 31.1 Å². The molecule has 1 fully saturated rings. The molecule has 2 aromatic heterocycles. The molecule has 1 amide bonds. The quantitative estimate of drug-likeness (QED) is 0.648. The average Bonchev–Trinajstić information content (AvgIpc) is 2.99. The minimum absolute atomic E-state index is 0.255. The van der Waals surface area contributed by atoms with Crippen molar-refractivity contribution in [2.24, 2.45) is 5.73 Å². The van der Waals surface area contributed by atoms with E-state index in [-0.39, 0.29) is 5.91 Å². The second-order valence-electron chi connectivity index (χ2n) is 6.65. The first-order valence-corrected chi connectivity index (χ1v) is 10.8. The summed E-state index contributed by atoms with van der Waals surface area (Å²) in [5.74, 6) is 0.835. The summed E-state index contributed by atoms with van der Waals surface area (Å²) < 4.78 is 0. The number of anilines is 1. The molecule has 0 radical (unpaired) electrons. The van der Waals surface area contributed by atoms with Gasteiger partial charge in [-0.1, -0.05) is 11.8 Å². The van der Waals surface area contributed by atoms with Crippen LogP contribution in [0, 0.1) is 0 Å². The fourth-order valence-corrected chi connectivity index (χ4v) is 5.45. The van der Waals surface area contributed by atoms with Gasteiger partial charge in [-0.3, -0.25) is 9.69 Å². The number of hydrogen-bond donors (Lipinski definition) is 1. The second-order valence-corrected chi connectivity index (χ2v) is 8.51. The fourth-order valence-electron chi connectivity index (χ4n) is 3.78. The Balaban J connectivity index is 1.69. The number of amides is 1. The van der Waals surface area contributed by atoms with Crippen molar-refractivity contribution in [2.75, 3.05) is 43.9 Å². The summed E-state index contributed by atoms with van der Waals surface area (Å²) in [5.41, 5.74) is 6.81. The highest BCUT2D eigenvalue weighted by molar-refractivity contribution is 7.98. The van der Waals surface area contributed by atoms with Crippen molar-refractivity contribution in [3.63, 3.8) is 0 Å². The molecule has 4 rings (SSSR count). The third-order valence-corrected chi connectivity index (χ3v) is 6.74. The summed E-state index contributed by atoms with van der Waals surface area (Å²) in [4.78, 5) is 27.9. The Morgan fingerprint density at radius 3 is 2.68 bits per heavy atom. The third-order valence-electron chi connectivity index (χ3n) is 5.01. The average molecular weight is 378 g/mol. The predicted molar refractivity (Wildman–Crippen MR) is 104 cm³/mol. The van der Waals surface area contributed by atoms with E-state index in [0.29, 0.717) is 6.54 Å². The second kappa shape index (κ2) is 7.09. The van der Waals surface area contributed by atoms with Crippen LogP contribution in [0.1, 0.15) is 23.3 Å². The monoisotopic (exact) mass is 377 g/mol. The molecule has 3 heterocycles. The number of thiophene rings is 1. The van der Waals surface area contributed by atoms with E-state index in [1.54, 1.807) is 11.8 Å². The Labute approximate surface area is 155 Å². The Bertz CT molecular complexity index is 798. The minimum Gasteiger partial charge on any atom is -0.369 e. The number of nitrogens with two attached hydrogens (primary N) is 1. The summed E-state index contributed by atoms with van der Waals surface area (Å²) in [5, 5.41) is 2.13. The fraction of sp³-hybridized carbons (Fsp3) is 0.588. The van der Waals surface area contributed by atoms with Crippen LogP contribution in [0.4, 0.5) is 5.82 Å². The van der Waals surface area contributed by atoms with E-state index >= 15 is 0 Å². The molecule has 1 aliphatic heterocycles. The van der Waals surface area contributed by atoms with E-state index in [1.165, 1.54) is 35.1 Å². The largest absolute Gasteiger partial charge is 0.369 e. The first-order chi connectivity index (χ1) is 12.2. The molecular weight excluding hydrogens is 354 g/mol. The van der Waals surface area contributed by atoms with Crippen LogP contribution in [0.15, 0.2) is 5.16 Å². The normalized spacial score (nSPS) is 18.5. The minimum atomic E-state index is -0.255. The molecule has 6 nitrogen and oxygen atoms in total. The first-order valence-electron chi connectivity index (χ1n) is 8.77. The maximum atomic E-state index is 11.1. The summed E-state index contributed by atoms with van der Waals surface area (Å²) in [6, 6.07) is 0. The number of thioether (sulfide) groups is 1. The predicted octanol–water partition coefficient (Wildman–Crippen LogP) is 1.90. The van der Waals surface area contributed by atoms with Crippen LogP contribution in [0.2, 0.25) is 0 Å². The first kappa shape index (κ1) is 17.1. The van der Waals surface area contributed by atoms with Crippen molar-refractivity contribution in [1.82, 2.24) is 14.9 Å². The van der Waals surface area contributed by atoms with Gasteiger partial charge in [0.15, 0.2) is 5.16 Å². The van der Waals surface area contributed by atoms with Crippen LogP contribution in [-0.2, 0) is 17.6 Å². The topological polar surface area (TPSA) is 75.3 Å². The summed E-state index contributed by atoms with van der Waals surface area (Å²) in [6.07, 6.45) is 6.89. The maximum Gasteiger partial charge on any atom is 0.231 e. The standard InChI is InChI=1S/C17H23N5OS2/c1-24-17-19-15(22-8-6-21(7-9-22)10-13(18)23)14-11-4-2-3-5-12(11)25-16(14)20-17/h2-10H2,1H3,(H2,18,23). The van der Waals surface area contributed by atoms with Gasteiger partial charge < -0.3 is 10.6 Å². The maximum absolute atomic E-state index is 11.1. The lowest BCUT2D eigenvalue weighted by molar-refractivity contribution is -0.119. The highest BCUT2D eigenvalue weighted by atomic mass is 32.2. The van der Waals surface area contributed by atoms with Gasteiger partial charge in [-0.15, -0.1) is 11.3 Å². The molecule has 0 saturated carbocycles. The molecule has 2 aliphatic rings. The smallest absolute Gasteiger partial charge is 0.231 e. The van der Waals surface area contributed by atoms with Crippen molar-refractivity contribution in [1.29, 1.82) is 0 Å². The number of piperazine rings is 1. The number of nitrogens with zero attached hydrogens (tertiary/aromatic N) is 4. The van der Waals surface area contributed by atoms with E-state index in [9.17, 15) is 4.79 Å². The number of carbonyl (C=O) groups is 1. The van der Waals surface area contributed by atoms with Crippen molar-refractivity contribution >= 4 is 45.0 Å². The van der Waals surface area contributed by atoms with Crippen molar-refractivity contribution in [3.05, 3.63) is 10.4 Å². The Morgan fingerprint density at radius 1 is 1.20 bits per heavy atom. The molecule has 1 saturated heterocycles. The van der Waals surface area contributed by atoms with Gasteiger partial charge in [-0.2, -0.15) is 0 Å². The van der Waals surface area contributed by atoms with E-state index in [1.807, 2.05) is 17.6 Å². The van der Waals surface area contributed by atoms with E-state index in [4.69, 9.17) is 15.7 Å². The zero-order valence-electron chi connectivity index (χ0n) is 14.5. The molecule has 0 unspecified atom stereocenters. The van der Waals surface area contributed by atoms with Gasteiger partial charge in [0.05, 0.1) is 11.9 Å². The molecule has 1 aliphatic carbocycles. The number of fused-ring (bicyclic) bond motifs is 3. The van der Waals surface area contributed by atoms with Crippen LogP contribution in [0.25, 0.3) is 10.2 Å². The Morgan fingerprint density at radius 2 is 1.96 bits per heavy atom. The van der Waals surface area contributed by atoms with Crippen LogP contribution < -0.4 is 10.6 Å². The Kier molecular flexibility index (Phi) is 4.84. The van der Waals surface area contributed by atoms with Crippen molar-refractivity contribution in [3.8, 4) is 0 Å². The number of aromatic nitrogens is 2. The molecule has 0 spiro atoms. The zero-order valence-corrected chi connectivity index (χ0v) is 16.1. The lowest BCUT2D eigenvalue weighted by Crippen LogP contribution is -2.49. The number of rotatable bonds is 4. The van der Waals surface area contributed by atoms with E-state index < -0.39 is 0 Å². The highest BCUT2D eigenvalue weighted by Gasteiger charge is 2.26. The summed E-state index contributed by atoms with van der Waals surface area (Å²) >= 11 is 3.46. The number of aryl methyl sites for hydroxylation is 2. The molecule has 8 heteroatoms. The lowest BCUT2D eigenvalue weighted by atomic mass is 9.97. The molecule has 0 aromatic carbocycles. The summed E-state index contributed by atoms with van der Waals surface area (Å²) in [6.45, 7) is 3.78. The van der Waals surface area contributed by atoms with Gasteiger partial charge >= 0.3 is 0 Å². The van der Waals surface area contributed by atoms with Gasteiger partial charge in [0.1, 0.15) is 10.6 Å². The molecule has 134 valence electrons. The molecule has 0 atom stereocenters. The van der Waals surface area contributed by atoms with E-state index in [2.05, 4.69) is 9.80 Å². The summed E-state index contributed by atoms with van der Waals surface area (Å²) in [7, 11) is 0. The van der Waals surface area contributed by atoms with Gasteiger partial charge in [0.2, 0.25) is 5.91 Å². The van der Waals surface area contributed by atoms with Gasteiger partial charge in [-0.05, 0) is 37.5 Å². The van der Waals surface area contributed by atoms with Crippen LogP contribution in [0.5, 0.6) is 0 Å². The number of hydrogen-bond acceptors (Lipinski definition) is 7. The highest BCUT2D eigenvalue weighted by Crippen LogP contribution is 2.40. The van der Waals surface area contributed by atoms with Crippen LogP contribution in [-0.4, -0.2) is 59.8 Å². The van der Waals surface area contributed by atoms with Crippen molar-refractivity contribution in [2.45, 2.75) is 30.8 Å². The number of carbonyl (C=O) groups excluding carboxylic acids is 1. The SMILES string of the molecule is CSc1nc(N2CCN(CC(N)=O)CC2)c2c3c(sc2n1)CCCC3. The van der Waals surface area contributed by atoms with E-state index in [0.717, 1.165) is 48.4 Å².